The van der Waals surface area contributed by atoms with E-state index in [1.807, 2.05) is 20.8 Å². The van der Waals surface area contributed by atoms with E-state index in [0.717, 1.165) is 0 Å². The summed E-state index contributed by atoms with van der Waals surface area (Å²) < 4.78 is 22.7. The van der Waals surface area contributed by atoms with Gasteiger partial charge in [-0.15, -0.1) is 0 Å². The first kappa shape index (κ1) is 13.4. The molecule has 0 aromatic rings. The second kappa shape index (κ2) is 4.71. The van der Waals surface area contributed by atoms with Crippen LogP contribution in [-0.2, 0) is 14.6 Å². The summed E-state index contributed by atoms with van der Waals surface area (Å²) in [5.74, 6) is 0.122. The number of rotatable bonds is 2. The Hall–Kier alpha value is -0.620. The van der Waals surface area contributed by atoms with Crippen molar-refractivity contribution in [1.29, 1.82) is 0 Å². The minimum Gasteiger partial charge on any atom is -0.351 e. The number of hydrogen-bond donors (Lipinski definition) is 2. The monoisotopic (exact) mass is 248 g/mol. The summed E-state index contributed by atoms with van der Waals surface area (Å²) in [6.45, 7) is 6.14. The number of carbonyl (C=O) groups excluding carboxylic acids is 1. The lowest BCUT2D eigenvalue weighted by Gasteiger charge is -2.26. The lowest BCUT2D eigenvalue weighted by atomic mass is 10.1. The maximum Gasteiger partial charge on any atom is 0.221 e. The van der Waals surface area contributed by atoms with Crippen molar-refractivity contribution in [2.45, 2.75) is 38.8 Å². The second-order valence-corrected chi connectivity index (χ2v) is 7.50. The minimum absolute atomic E-state index is 0.0601. The standard InChI is InChI=1S/C10H20N2O3S/c1-10(2,3)12-9(13)6-8-7-16(14,15)5-4-11-8/h8,11H,4-7H2,1-3H3,(H,12,13). The molecule has 16 heavy (non-hydrogen) atoms. The summed E-state index contributed by atoms with van der Waals surface area (Å²) in [7, 11) is -2.96. The van der Waals surface area contributed by atoms with E-state index in [0.29, 0.717) is 6.54 Å². The third-order valence-electron chi connectivity index (χ3n) is 2.25. The highest BCUT2D eigenvalue weighted by molar-refractivity contribution is 7.91. The first-order valence-electron chi connectivity index (χ1n) is 5.43. The van der Waals surface area contributed by atoms with Gasteiger partial charge in [-0.25, -0.2) is 8.42 Å². The van der Waals surface area contributed by atoms with Crippen molar-refractivity contribution in [1.82, 2.24) is 10.6 Å². The number of sulfone groups is 1. The van der Waals surface area contributed by atoms with E-state index in [9.17, 15) is 13.2 Å². The Morgan fingerprint density at radius 3 is 2.56 bits per heavy atom. The average Bonchev–Trinajstić information content (AvgIpc) is 1.96. The molecule has 0 aromatic heterocycles. The van der Waals surface area contributed by atoms with Crippen molar-refractivity contribution < 1.29 is 13.2 Å². The molecule has 1 rings (SSSR count). The van der Waals surface area contributed by atoms with Crippen LogP contribution in [0.2, 0.25) is 0 Å². The van der Waals surface area contributed by atoms with E-state index in [1.165, 1.54) is 0 Å². The van der Waals surface area contributed by atoms with Crippen LogP contribution in [0.15, 0.2) is 0 Å². The van der Waals surface area contributed by atoms with Crippen LogP contribution < -0.4 is 10.6 Å². The minimum atomic E-state index is -2.96. The molecule has 1 saturated heterocycles. The zero-order chi connectivity index (χ0) is 12.4. The quantitative estimate of drug-likeness (QED) is 0.702. The molecule has 1 unspecified atom stereocenters. The summed E-state index contributed by atoms with van der Waals surface area (Å²) in [4.78, 5) is 11.6. The SMILES string of the molecule is CC(C)(C)NC(=O)CC1CS(=O)(=O)CCN1. The van der Waals surface area contributed by atoms with E-state index in [-0.39, 0.29) is 35.4 Å². The summed E-state index contributed by atoms with van der Waals surface area (Å²) in [5, 5.41) is 5.87. The van der Waals surface area contributed by atoms with Crippen LogP contribution in [-0.4, -0.2) is 44.0 Å². The van der Waals surface area contributed by atoms with Gasteiger partial charge >= 0.3 is 0 Å². The second-order valence-electron chi connectivity index (χ2n) is 5.27. The topological polar surface area (TPSA) is 75.3 Å². The predicted octanol–water partition coefficient (Wildman–Crippen LogP) is -0.322. The average molecular weight is 248 g/mol. The summed E-state index contributed by atoms with van der Waals surface area (Å²) in [6.07, 6.45) is 0.219. The first-order valence-corrected chi connectivity index (χ1v) is 7.25. The van der Waals surface area contributed by atoms with Crippen molar-refractivity contribution >= 4 is 15.7 Å². The number of hydrogen-bond acceptors (Lipinski definition) is 4. The molecular formula is C10H20N2O3S. The zero-order valence-corrected chi connectivity index (χ0v) is 10.9. The van der Waals surface area contributed by atoms with Gasteiger partial charge in [0, 0.05) is 24.5 Å². The number of amides is 1. The number of carbonyl (C=O) groups is 1. The molecule has 1 atom stereocenters. The Labute approximate surface area is 96.9 Å². The maximum absolute atomic E-state index is 11.6. The van der Waals surface area contributed by atoms with Gasteiger partial charge in [0.25, 0.3) is 0 Å². The Balaban J connectivity index is 2.46. The molecular weight excluding hydrogens is 228 g/mol. The zero-order valence-electron chi connectivity index (χ0n) is 10.0. The fourth-order valence-corrected chi connectivity index (χ4v) is 3.14. The van der Waals surface area contributed by atoms with Crippen LogP contribution in [0, 0.1) is 0 Å². The molecule has 0 aromatic carbocycles. The first-order chi connectivity index (χ1) is 7.18. The van der Waals surface area contributed by atoms with Gasteiger partial charge in [0.2, 0.25) is 5.91 Å². The highest BCUT2D eigenvalue weighted by Gasteiger charge is 2.26. The van der Waals surface area contributed by atoms with Crippen LogP contribution in [0.25, 0.3) is 0 Å². The van der Waals surface area contributed by atoms with Gasteiger partial charge in [-0.05, 0) is 20.8 Å². The molecule has 1 fully saturated rings. The Morgan fingerprint density at radius 1 is 1.44 bits per heavy atom. The van der Waals surface area contributed by atoms with Gasteiger partial charge in [-0.3, -0.25) is 4.79 Å². The Kier molecular flexibility index (Phi) is 3.96. The molecule has 94 valence electrons. The Bertz CT molecular complexity index is 357. The fraction of sp³-hybridized carbons (Fsp3) is 0.900. The third kappa shape index (κ3) is 4.94. The highest BCUT2D eigenvalue weighted by atomic mass is 32.2. The van der Waals surface area contributed by atoms with E-state index in [2.05, 4.69) is 10.6 Å². The van der Waals surface area contributed by atoms with Crippen LogP contribution >= 0.6 is 0 Å². The molecule has 1 aliphatic heterocycles. The van der Waals surface area contributed by atoms with Crippen LogP contribution in [0.5, 0.6) is 0 Å². The molecule has 0 aliphatic carbocycles. The maximum atomic E-state index is 11.6. The van der Waals surface area contributed by atoms with Gasteiger partial charge in [-0.1, -0.05) is 0 Å². The van der Waals surface area contributed by atoms with Crippen LogP contribution in [0.1, 0.15) is 27.2 Å². The van der Waals surface area contributed by atoms with Crippen molar-refractivity contribution in [2.24, 2.45) is 0 Å². The normalized spacial score (nSPS) is 25.1. The van der Waals surface area contributed by atoms with E-state index in [1.54, 1.807) is 0 Å². The molecule has 0 radical (unpaired) electrons. The van der Waals surface area contributed by atoms with Gasteiger partial charge < -0.3 is 10.6 Å². The summed E-state index contributed by atoms with van der Waals surface area (Å²) in [6, 6.07) is -0.249. The molecule has 0 saturated carbocycles. The van der Waals surface area contributed by atoms with E-state index in [4.69, 9.17) is 0 Å². The summed E-state index contributed by atoms with van der Waals surface area (Å²) >= 11 is 0. The Morgan fingerprint density at radius 2 is 2.06 bits per heavy atom. The molecule has 1 amide bonds. The van der Waals surface area contributed by atoms with Gasteiger partial charge in [0.15, 0.2) is 9.84 Å². The van der Waals surface area contributed by atoms with Crippen LogP contribution in [0.4, 0.5) is 0 Å². The van der Waals surface area contributed by atoms with Crippen LogP contribution in [0.3, 0.4) is 0 Å². The number of nitrogens with one attached hydrogen (secondary N) is 2. The molecule has 6 heteroatoms. The third-order valence-corrected chi connectivity index (χ3v) is 3.98. The molecule has 1 aliphatic rings. The van der Waals surface area contributed by atoms with E-state index < -0.39 is 9.84 Å². The lowest BCUT2D eigenvalue weighted by Crippen LogP contribution is -2.49. The summed E-state index contributed by atoms with van der Waals surface area (Å²) in [5.41, 5.74) is -0.273. The largest absolute Gasteiger partial charge is 0.351 e. The fourth-order valence-electron chi connectivity index (χ4n) is 1.69. The molecule has 0 bridgehead atoms. The smallest absolute Gasteiger partial charge is 0.221 e. The molecule has 1 heterocycles. The van der Waals surface area contributed by atoms with Crippen molar-refractivity contribution in [3.8, 4) is 0 Å². The van der Waals surface area contributed by atoms with Gasteiger partial charge in [0.05, 0.1) is 11.5 Å². The molecule has 0 spiro atoms. The predicted molar refractivity (Wildman–Crippen MR) is 63.0 cm³/mol. The lowest BCUT2D eigenvalue weighted by molar-refractivity contribution is -0.122. The molecule has 5 nitrogen and oxygen atoms in total. The van der Waals surface area contributed by atoms with Crippen molar-refractivity contribution in [2.75, 3.05) is 18.1 Å². The van der Waals surface area contributed by atoms with E-state index >= 15 is 0 Å². The van der Waals surface area contributed by atoms with Crippen molar-refractivity contribution in [3.63, 3.8) is 0 Å². The van der Waals surface area contributed by atoms with Gasteiger partial charge in [-0.2, -0.15) is 0 Å². The molecule has 2 N–H and O–H groups in total. The van der Waals surface area contributed by atoms with Crippen molar-refractivity contribution in [3.05, 3.63) is 0 Å². The van der Waals surface area contributed by atoms with Gasteiger partial charge in [0.1, 0.15) is 0 Å². The highest BCUT2D eigenvalue weighted by Crippen LogP contribution is 2.06.